The predicted molar refractivity (Wildman–Crippen MR) is 188 cm³/mol. The van der Waals surface area contributed by atoms with E-state index in [4.69, 9.17) is 25.8 Å². The summed E-state index contributed by atoms with van der Waals surface area (Å²) in [5, 5.41) is 15.8. The molecule has 14 heteroatoms. The third kappa shape index (κ3) is 12.9. The molecule has 52 heavy (non-hydrogen) atoms. The maximum absolute atomic E-state index is 14.0. The molecule has 0 aliphatic rings. The first kappa shape index (κ1) is 41.8. The smallest absolute Gasteiger partial charge is 0.414 e. The molecule has 0 unspecified atom stereocenters. The Morgan fingerprint density at radius 1 is 0.885 bits per heavy atom. The van der Waals surface area contributed by atoms with Gasteiger partial charge in [0, 0.05) is 29.3 Å². The molecule has 0 saturated heterocycles. The average Bonchev–Trinajstić information content (AvgIpc) is 3.06. The SMILES string of the molecule is COc1ccc([C@H](NC(=O)[C@H](Cc2cccc(Cl)c2)NC(=O)c2ccc(OCC(=O)OC(C)(C)C)cc2)C(=O)C[C@@H](C(C)C)[C@H](O)C(F)(F)F)cc1. The maximum atomic E-state index is 14.0. The number of nitrogens with one attached hydrogen (secondary N) is 2. The van der Waals surface area contributed by atoms with Crippen LogP contribution in [0.1, 0.15) is 68.6 Å². The molecule has 3 aromatic rings. The highest BCUT2D eigenvalue weighted by molar-refractivity contribution is 6.30. The Labute approximate surface area is 306 Å². The number of carbonyl (C=O) groups excluding carboxylic acids is 4. The number of hydrogen-bond acceptors (Lipinski definition) is 8. The summed E-state index contributed by atoms with van der Waals surface area (Å²) in [6.45, 7) is 7.74. The van der Waals surface area contributed by atoms with Gasteiger partial charge in [0.25, 0.3) is 5.91 Å². The molecule has 0 aromatic heterocycles. The Balaban J connectivity index is 1.89. The number of benzene rings is 3. The van der Waals surface area contributed by atoms with Gasteiger partial charge in [-0.1, -0.05) is 49.7 Å². The van der Waals surface area contributed by atoms with Crippen LogP contribution in [-0.2, 0) is 25.5 Å². The third-order valence-electron chi connectivity index (χ3n) is 7.94. The normalized spacial score (nSPS) is 14.1. The summed E-state index contributed by atoms with van der Waals surface area (Å²) in [5.41, 5.74) is 0.263. The van der Waals surface area contributed by atoms with Gasteiger partial charge in [-0.25, -0.2) is 4.79 Å². The predicted octanol–water partition coefficient (Wildman–Crippen LogP) is 6.42. The van der Waals surface area contributed by atoms with E-state index in [1.54, 1.807) is 45.0 Å². The summed E-state index contributed by atoms with van der Waals surface area (Å²) >= 11 is 6.18. The van der Waals surface area contributed by atoms with Crippen molar-refractivity contribution in [3.8, 4) is 11.5 Å². The Morgan fingerprint density at radius 2 is 1.50 bits per heavy atom. The van der Waals surface area contributed by atoms with Crippen molar-refractivity contribution >= 4 is 35.2 Å². The summed E-state index contributed by atoms with van der Waals surface area (Å²) in [6.07, 6.45) is -8.51. The van der Waals surface area contributed by atoms with Crippen LogP contribution >= 0.6 is 11.6 Å². The van der Waals surface area contributed by atoms with Crippen LogP contribution in [-0.4, -0.2) is 66.3 Å². The lowest BCUT2D eigenvalue weighted by Crippen LogP contribution is -2.50. The number of amides is 2. The summed E-state index contributed by atoms with van der Waals surface area (Å²) in [6, 6.07) is 15.7. The molecule has 282 valence electrons. The number of rotatable bonds is 16. The number of halogens is 4. The minimum Gasteiger partial charge on any atom is -0.497 e. The van der Waals surface area contributed by atoms with Gasteiger partial charge >= 0.3 is 12.1 Å². The zero-order valence-corrected chi connectivity index (χ0v) is 30.5. The van der Waals surface area contributed by atoms with Crippen LogP contribution in [0.3, 0.4) is 0 Å². The summed E-state index contributed by atoms with van der Waals surface area (Å²) in [4.78, 5) is 53.2. The molecule has 0 radical (unpaired) electrons. The molecule has 3 N–H and O–H groups in total. The van der Waals surface area contributed by atoms with Crippen LogP contribution in [0.15, 0.2) is 72.8 Å². The highest BCUT2D eigenvalue weighted by atomic mass is 35.5. The van der Waals surface area contributed by atoms with E-state index in [1.807, 2.05) is 0 Å². The number of hydrogen-bond donors (Lipinski definition) is 3. The van der Waals surface area contributed by atoms with Gasteiger partial charge in [-0.05, 0) is 86.3 Å². The van der Waals surface area contributed by atoms with Crippen LogP contribution in [0.5, 0.6) is 11.5 Å². The molecule has 0 bridgehead atoms. The fourth-order valence-corrected chi connectivity index (χ4v) is 5.47. The topological polar surface area (TPSA) is 140 Å². The molecular weight excluding hydrogens is 705 g/mol. The lowest BCUT2D eigenvalue weighted by atomic mass is 9.83. The van der Waals surface area contributed by atoms with Crippen molar-refractivity contribution in [3.05, 3.63) is 94.5 Å². The van der Waals surface area contributed by atoms with E-state index < -0.39 is 71.8 Å². The van der Waals surface area contributed by atoms with Crippen molar-refractivity contribution in [2.45, 2.75) is 77.4 Å². The first-order chi connectivity index (χ1) is 24.3. The standard InChI is InChI=1S/C38H44ClF3N2O8/c1-22(2)29(34(47)38(40,41)42)20-31(45)33(24-10-14-27(50-6)15-11-24)44-36(49)30(19-23-8-7-9-26(39)18-23)43-35(48)25-12-16-28(17-13-25)51-21-32(46)52-37(3,4)5/h7-18,22,29-30,33-34,47H,19-21H2,1-6H3,(H,43,48)(H,44,49)/t29-,30-,33-,34-/m0/s1. The molecule has 3 aromatic carbocycles. The van der Waals surface area contributed by atoms with Crippen molar-refractivity contribution in [2.75, 3.05) is 13.7 Å². The van der Waals surface area contributed by atoms with E-state index >= 15 is 0 Å². The number of carbonyl (C=O) groups is 4. The molecule has 4 atom stereocenters. The number of Topliss-reactive ketones (excluding diaryl/α,β-unsaturated/α-hetero) is 1. The first-order valence-electron chi connectivity index (χ1n) is 16.5. The van der Waals surface area contributed by atoms with Crippen molar-refractivity contribution < 1.29 is 51.7 Å². The molecular formula is C38H44ClF3N2O8. The van der Waals surface area contributed by atoms with E-state index in [2.05, 4.69) is 10.6 Å². The molecule has 0 aliphatic heterocycles. The van der Waals surface area contributed by atoms with Crippen molar-refractivity contribution in [1.82, 2.24) is 10.6 Å². The molecule has 10 nitrogen and oxygen atoms in total. The molecule has 2 amide bonds. The van der Waals surface area contributed by atoms with Crippen LogP contribution in [0.4, 0.5) is 13.2 Å². The van der Waals surface area contributed by atoms with Crippen LogP contribution in [0.2, 0.25) is 5.02 Å². The minimum atomic E-state index is -4.97. The Kier molecular flexibility index (Phi) is 14.7. The fraction of sp³-hybridized carbons (Fsp3) is 0.421. The van der Waals surface area contributed by atoms with Gasteiger partial charge in [-0.2, -0.15) is 13.2 Å². The van der Waals surface area contributed by atoms with Crippen LogP contribution < -0.4 is 20.1 Å². The van der Waals surface area contributed by atoms with E-state index in [0.717, 1.165) is 0 Å². The van der Waals surface area contributed by atoms with Gasteiger partial charge in [0.2, 0.25) is 5.91 Å². The largest absolute Gasteiger partial charge is 0.497 e. The van der Waals surface area contributed by atoms with E-state index in [1.165, 1.54) is 69.5 Å². The summed E-state index contributed by atoms with van der Waals surface area (Å²) < 4.78 is 56.5. The lowest BCUT2D eigenvalue weighted by molar-refractivity contribution is -0.224. The monoisotopic (exact) mass is 748 g/mol. The van der Waals surface area contributed by atoms with Crippen LogP contribution in [0.25, 0.3) is 0 Å². The van der Waals surface area contributed by atoms with Crippen molar-refractivity contribution in [1.29, 1.82) is 0 Å². The number of esters is 1. The second-order valence-corrected chi connectivity index (χ2v) is 14.0. The van der Waals surface area contributed by atoms with E-state index in [0.29, 0.717) is 16.3 Å². The highest BCUT2D eigenvalue weighted by Gasteiger charge is 2.45. The molecule has 0 fully saturated rings. The number of ether oxygens (including phenoxy) is 3. The Hall–Kier alpha value is -4.62. The number of alkyl halides is 3. The molecule has 0 aliphatic carbocycles. The van der Waals surface area contributed by atoms with Gasteiger partial charge in [-0.3, -0.25) is 14.4 Å². The quantitative estimate of drug-likeness (QED) is 0.143. The Morgan fingerprint density at radius 3 is 2.04 bits per heavy atom. The summed E-state index contributed by atoms with van der Waals surface area (Å²) in [5.74, 6) is -4.35. The third-order valence-corrected chi connectivity index (χ3v) is 8.17. The zero-order valence-electron chi connectivity index (χ0n) is 29.8. The summed E-state index contributed by atoms with van der Waals surface area (Å²) in [7, 11) is 1.43. The Bertz CT molecular complexity index is 1680. The average molecular weight is 749 g/mol. The highest BCUT2D eigenvalue weighted by Crippen LogP contribution is 2.33. The molecule has 0 heterocycles. The van der Waals surface area contributed by atoms with Gasteiger partial charge in [0.1, 0.15) is 29.2 Å². The molecule has 0 saturated carbocycles. The fourth-order valence-electron chi connectivity index (χ4n) is 5.26. The number of aliphatic hydroxyl groups excluding tert-OH is 1. The minimum absolute atomic E-state index is 0.0693. The van der Waals surface area contributed by atoms with E-state index in [9.17, 15) is 37.5 Å². The number of aliphatic hydroxyl groups is 1. The van der Waals surface area contributed by atoms with E-state index in [-0.39, 0.29) is 29.9 Å². The second-order valence-electron chi connectivity index (χ2n) is 13.5. The number of ketones is 1. The zero-order chi connectivity index (χ0) is 38.8. The van der Waals surface area contributed by atoms with Crippen molar-refractivity contribution in [3.63, 3.8) is 0 Å². The van der Waals surface area contributed by atoms with Crippen molar-refractivity contribution in [2.24, 2.45) is 11.8 Å². The number of methoxy groups -OCH3 is 1. The lowest BCUT2D eigenvalue weighted by Gasteiger charge is -2.29. The maximum Gasteiger partial charge on any atom is 0.414 e. The van der Waals surface area contributed by atoms with Crippen LogP contribution in [0, 0.1) is 11.8 Å². The van der Waals surface area contributed by atoms with Gasteiger partial charge in [0.15, 0.2) is 18.5 Å². The van der Waals surface area contributed by atoms with Gasteiger partial charge in [-0.15, -0.1) is 0 Å². The van der Waals surface area contributed by atoms with Gasteiger partial charge in [0.05, 0.1) is 7.11 Å². The van der Waals surface area contributed by atoms with Gasteiger partial charge < -0.3 is 30.0 Å². The molecule has 0 spiro atoms. The second kappa shape index (κ2) is 18.2. The first-order valence-corrected chi connectivity index (χ1v) is 16.9. The molecule has 3 rings (SSSR count).